The van der Waals surface area contributed by atoms with Gasteiger partial charge in [-0.2, -0.15) is 0 Å². The van der Waals surface area contributed by atoms with Crippen LogP contribution >= 0.6 is 0 Å². The van der Waals surface area contributed by atoms with Crippen molar-refractivity contribution in [3.8, 4) is 0 Å². The van der Waals surface area contributed by atoms with Gasteiger partial charge in [-0.3, -0.25) is 4.99 Å². The number of aliphatic imine (C=N–C) groups is 1. The topological polar surface area (TPSA) is 36.4 Å². The molecule has 0 saturated carbocycles. The highest BCUT2D eigenvalue weighted by molar-refractivity contribution is 5.80. The molecule has 92 valence electrons. The van der Waals surface area contributed by atoms with E-state index in [0.717, 1.165) is 32.0 Å². The third-order valence-electron chi connectivity index (χ3n) is 3.12. The van der Waals surface area contributed by atoms with Crippen LogP contribution in [-0.2, 0) is 0 Å². The van der Waals surface area contributed by atoms with E-state index in [1.54, 1.807) is 0 Å². The van der Waals surface area contributed by atoms with Crippen LogP contribution in [0, 0.1) is 6.92 Å². The Labute approximate surface area is 103 Å². The number of hydrogen-bond acceptors (Lipinski definition) is 3. The van der Waals surface area contributed by atoms with Gasteiger partial charge in [-0.1, -0.05) is 36.8 Å². The van der Waals surface area contributed by atoms with Crippen molar-refractivity contribution >= 4 is 5.96 Å². The summed E-state index contributed by atoms with van der Waals surface area (Å²) in [5, 5.41) is 6.65. The maximum atomic E-state index is 4.40. The molecule has 1 aromatic rings. The van der Waals surface area contributed by atoms with Crippen LogP contribution in [0.15, 0.2) is 29.3 Å². The first-order chi connectivity index (χ1) is 8.25. The van der Waals surface area contributed by atoms with E-state index < -0.39 is 0 Å². The Balaban J connectivity index is 1.86. The zero-order valence-corrected chi connectivity index (χ0v) is 10.7. The SMILES string of the molecule is Cc1ccc(C(C)CNC2=NCCCN2)cc1. The monoisotopic (exact) mass is 231 g/mol. The zero-order valence-electron chi connectivity index (χ0n) is 10.7. The molecule has 1 aromatic carbocycles. The van der Waals surface area contributed by atoms with E-state index in [1.807, 2.05) is 0 Å². The third kappa shape index (κ3) is 3.48. The molecule has 3 nitrogen and oxygen atoms in total. The molecule has 0 fully saturated rings. The highest BCUT2D eigenvalue weighted by Crippen LogP contribution is 2.14. The normalized spacial score (nSPS) is 16.9. The van der Waals surface area contributed by atoms with Crippen molar-refractivity contribution in [2.75, 3.05) is 19.6 Å². The number of nitrogens with zero attached hydrogens (tertiary/aromatic N) is 1. The summed E-state index contributed by atoms with van der Waals surface area (Å²) in [7, 11) is 0. The van der Waals surface area contributed by atoms with Gasteiger partial charge in [-0.25, -0.2) is 0 Å². The molecule has 1 unspecified atom stereocenters. The summed E-state index contributed by atoms with van der Waals surface area (Å²) >= 11 is 0. The molecule has 0 radical (unpaired) electrons. The Bertz CT molecular complexity index is 381. The van der Waals surface area contributed by atoms with Crippen molar-refractivity contribution in [3.63, 3.8) is 0 Å². The van der Waals surface area contributed by atoms with E-state index in [9.17, 15) is 0 Å². The van der Waals surface area contributed by atoms with Crippen molar-refractivity contribution in [2.45, 2.75) is 26.2 Å². The lowest BCUT2D eigenvalue weighted by atomic mass is 10.0. The first kappa shape index (κ1) is 12.0. The number of nitrogens with one attached hydrogen (secondary N) is 2. The van der Waals surface area contributed by atoms with E-state index in [2.05, 4.69) is 53.7 Å². The Morgan fingerprint density at radius 2 is 2.12 bits per heavy atom. The van der Waals surface area contributed by atoms with Crippen LogP contribution in [0.3, 0.4) is 0 Å². The molecule has 17 heavy (non-hydrogen) atoms. The average Bonchev–Trinajstić information content (AvgIpc) is 2.38. The quantitative estimate of drug-likeness (QED) is 0.835. The molecule has 1 aliphatic heterocycles. The van der Waals surface area contributed by atoms with Gasteiger partial charge in [0.25, 0.3) is 0 Å². The molecule has 1 atom stereocenters. The van der Waals surface area contributed by atoms with Gasteiger partial charge >= 0.3 is 0 Å². The van der Waals surface area contributed by atoms with E-state index >= 15 is 0 Å². The zero-order chi connectivity index (χ0) is 12.1. The first-order valence-corrected chi connectivity index (χ1v) is 6.34. The summed E-state index contributed by atoms with van der Waals surface area (Å²) in [6.45, 7) is 7.25. The molecule has 2 rings (SSSR count). The number of aryl methyl sites for hydroxylation is 1. The molecule has 0 spiro atoms. The van der Waals surface area contributed by atoms with Gasteiger partial charge in [0.1, 0.15) is 0 Å². The summed E-state index contributed by atoms with van der Waals surface area (Å²) in [4.78, 5) is 4.40. The lowest BCUT2D eigenvalue weighted by Gasteiger charge is -2.19. The summed E-state index contributed by atoms with van der Waals surface area (Å²) in [6, 6.07) is 8.75. The van der Waals surface area contributed by atoms with Crippen molar-refractivity contribution in [2.24, 2.45) is 4.99 Å². The average molecular weight is 231 g/mol. The van der Waals surface area contributed by atoms with Crippen molar-refractivity contribution in [3.05, 3.63) is 35.4 Å². The molecule has 2 N–H and O–H groups in total. The fourth-order valence-electron chi connectivity index (χ4n) is 1.91. The number of rotatable bonds is 3. The van der Waals surface area contributed by atoms with E-state index in [0.29, 0.717) is 5.92 Å². The molecule has 0 aliphatic carbocycles. The third-order valence-corrected chi connectivity index (χ3v) is 3.12. The van der Waals surface area contributed by atoms with Crippen molar-refractivity contribution in [1.82, 2.24) is 10.6 Å². The lowest BCUT2D eigenvalue weighted by molar-refractivity contribution is 0.665. The van der Waals surface area contributed by atoms with Gasteiger partial charge in [0.2, 0.25) is 0 Å². The fourth-order valence-corrected chi connectivity index (χ4v) is 1.91. The van der Waals surface area contributed by atoms with Gasteiger partial charge < -0.3 is 10.6 Å². The molecule has 0 aromatic heterocycles. The molecular formula is C14H21N3. The maximum absolute atomic E-state index is 4.40. The van der Waals surface area contributed by atoms with Crippen molar-refractivity contribution in [1.29, 1.82) is 0 Å². The van der Waals surface area contributed by atoms with Crippen LogP contribution in [0.1, 0.15) is 30.4 Å². The van der Waals surface area contributed by atoms with Crippen LogP contribution in [0.4, 0.5) is 0 Å². The second-order valence-electron chi connectivity index (χ2n) is 4.70. The van der Waals surface area contributed by atoms with Crippen molar-refractivity contribution < 1.29 is 0 Å². The molecule has 0 bridgehead atoms. The standard InChI is InChI=1S/C14H21N3/c1-11-4-6-13(7-5-11)12(2)10-17-14-15-8-3-9-16-14/h4-7,12H,3,8-10H2,1-2H3,(H2,15,16,17). The minimum atomic E-state index is 0.502. The Morgan fingerprint density at radius 1 is 1.35 bits per heavy atom. The summed E-state index contributed by atoms with van der Waals surface area (Å²) in [6.07, 6.45) is 1.14. The van der Waals surface area contributed by atoms with Crippen LogP contribution in [0.2, 0.25) is 0 Å². The number of guanidine groups is 1. The van der Waals surface area contributed by atoms with Crippen LogP contribution in [-0.4, -0.2) is 25.6 Å². The Hall–Kier alpha value is -1.51. The predicted molar refractivity (Wildman–Crippen MR) is 72.5 cm³/mol. The molecule has 3 heteroatoms. The molecule has 1 heterocycles. The first-order valence-electron chi connectivity index (χ1n) is 6.34. The van der Waals surface area contributed by atoms with Gasteiger partial charge in [-0.05, 0) is 24.8 Å². The second-order valence-corrected chi connectivity index (χ2v) is 4.70. The van der Waals surface area contributed by atoms with Crippen LogP contribution < -0.4 is 10.6 Å². The lowest BCUT2D eigenvalue weighted by Crippen LogP contribution is -2.42. The summed E-state index contributed by atoms with van der Waals surface area (Å²) in [5.74, 6) is 1.46. The minimum Gasteiger partial charge on any atom is -0.356 e. The van der Waals surface area contributed by atoms with Gasteiger partial charge in [0, 0.05) is 19.6 Å². The van der Waals surface area contributed by atoms with E-state index in [1.165, 1.54) is 11.1 Å². The largest absolute Gasteiger partial charge is 0.356 e. The second kappa shape index (κ2) is 5.71. The summed E-state index contributed by atoms with van der Waals surface area (Å²) < 4.78 is 0. The van der Waals surface area contributed by atoms with Gasteiger partial charge in [0.15, 0.2) is 5.96 Å². The van der Waals surface area contributed by atoms with Crippen LogP contribution in [0.25, 0.3) is 0 Å². The molecule has 0 saturated heterocycles. The maximum Gasteiger partial charge on any atom is 0.191 e. The van der Waals surface area contributed by atoms with Gasteiger partial charge in [0.05, 0.1) is 0 Å². The van der Waals surface area contributed by atoms with Crippen LogP contribution in [0.5, 0.6) is 0 Å². The predicted octanol–water partition coefficient (Wildman–Crippen LogP) is 2.04. The molecular weight excluding hydrogens is 210 g/mol. The van der Waals surface area contributed by atoms with Gasteiger partial charge in [-0.15, -0.1) is 0 Å². The minimum absolute atomic E-state index is 0.502. The number of hydrogen-bond donors (Lipinski definition) is 2. The fraction of sp³-hybridized carbons (Fsp3) is 0.500. The van der Waals surface area contributed by atoms with E-state index in [-0.39, 0.29) is 0 Å². The summed E-state index contributed by atoms with van der Waals surface area (Å²) in [5.41, 5.74) is 2.69. The Morgan fingerprint density at radius 3 is 2.76 bits per heavy atom. The highest BCUT2D eigenvalue weighted by atomic mass is 15.2. The Kier molecular flexibility index (Phi) is 4.02. The highest BCUT2D eigenvalue weighted by Gasteiger charge is 2.07. The number of benzene rings is 1. The smallest absolute Gasteiger partial charge is 0.191 e. The molecule has 1 aliphatic rings. The van der Waals surface area contributed by atoms with E-state index in [4.69, 9.17) is 0 Å². The molecule has 0 amide bonds.